The Morgan fingerprint density at radius 1 is 1.41 bits per heavy atom. The van der Waals surface area contributed by atoms with Crippen molar-refractivity contribution < 1.29 is 34.5 Å². The van der Waals surface area contributed by atoms with E-state index < -0.39 is 54.8 Å². The SMILES string of the molecule is NC(=O)CC[C@H](N)C(=O)OC[C@H]1O[C@@H](n2ccc(NO)nc2=O)[C@H](O)[C@@H]1O. The van der Waals surface area contributed by atoms with Gasteiger partial charge >= 0.3 is 11.7 Å². The molecule has 13 heteroatoms. The molecule has 0 bridgehead atoms. The number of anilines is 1. The molecule has 1 aliphatic rings. The summed E-state index contributed by atoms with van der Waals surface area (Å²) >= 11 is 0. The average Bonchev–Trinajstić information content (AvgIpc) is 2.92. The molecular weight excluding hydrogens is 366 g/mol. The van der Waals surface area contributed by atoms with Crippen molar-refractivity contribution in [3.8, 4) is 0 Å². The van der Waals surface area contributed by atoms with E-state index in [1.807, 2.05) is 0 Å². The number of esters is 1. The van der Waals surface area contributed by atoms with Crippen molar-refractivity contribution in [2.24, 2.45) is 11.5 Å². The topological polar surface area (TPSA) is 212 Å². The van der Waals surface area contributed by atoms with Gasteiger partial charge in [-0.25, -0.2) is 4.79 Å². The fourth-order valence-electron chi connectivity index (χ4n) is 2.45. The van der Waals surface area contributed by atoms with Gasteiger partial charge < -0.3 is 31.2 Å². The second-order valence-electron chi connectivity index (χ2n) is 5.90. The van der Waals surface area contributed by atoms with Crippen molar-refractivity contribution in [2.45, 2.75) is 43.4 Å². The first-order valence-electron chi connectivity index (χ1n) is 7.96. The van der Waals surface area contributed by atoms with Crippen molar-refractivity contribution in [3.63, 3.8) is 0 Å². The highest BCUT2D eigenvalue weighted by Crippen LogP contribution is 2.28. The molecule has 0 aliphatic carbocycles. The number of hydrogen-bond acceptors (Lipinski definition) is 11. The number of hydrogen-bond donors (Lipinski definition) is 6. The van der Waals surface area contributed by atoms with Gasteiger partial charge in [-0.1, -0.05) is 0 Å². The maximum absolute atomic E-state index is 11.9. The zero-order chi connectivity index (χ0) is 20.1. The lowest BCUT2D eigenvalue weighted by Crippen LogP contribution is -2.38. The lowest BCUT2D eigenvalue weighted by molar-refractivity contribution is -0.151. The Hall–Kier alpha value is -2.58. The monoisotopic (exact) mass is 387 g/mol. The van der Waals surface area contributed by atoms with E-state index in [0.29, 0.717) is 0 Å². The lowest BCUT2D eigenvalue weighted by Gasteiger charge is -2.17. The standard InChI is InChI=1S/C14H21N5O8/c15-6(1-2-8(16)20)13(23)26-5-7-10(21)11(22)12(27-7)19-4-3-9(18-25)17-14(19)24/h3-4,6-7,10-12,21-22,25H,1-2,5,15H2,(H2,16,20)(H,17,18,24)/t6-,7+,10+,11+,12+/m0/s1. The molecule has 13 nitrogen and oxygen atoms in total. The van der Waals surface area contributed by atoms with Gasteiger partial charge in [-0.05, 0) is 12.5 Å². The predicted molar refractivity (Wildman–Crippen MR) is 87.2 cm³/mol. The molecule has 1 aliphatic heterocycles. The second kappa shape index (κ2) is 8.88. The molecule has 1 fully saturated rings. The summed E-state index contributed by atoms with van der Waals surface area (Å²) in [4.78, 5) is 37.9. The molecule has 1 amide bonds. The highest BCUT2D eigenvalue weighted by molar-refractivity contribution is 5.78. The van der Waals surface area contributed by atoms with E-state index in [4.69, 9.17) is 26.1 Å². The Bertz CT molecular complexity index is 740. The molecule has 0 aromatic carbocycles. The summed E-state index contributed by atoms with van der Waals surface area (Å²) < 4.78 is 11.2. The smallest absolute Gasteiger partial charge is 0.351 e. The fourth-order valence-corrected chi connectivity index (χ4v) is 2.45. The van der Waals surface area contributed by atoms with E-state index in [-0.39, 0.29) is 18.7 Å². The van der Waals surface area contributed by atoms with Gasteiger partial charge in [0.15, 0.2) is 12.0 Å². The zero-order valence-electron chi connectivity index (χ0n) is 14.1. The summed E-state index contributed by atoms with van der Waals surface area (Å²) in [6.07, 6.45) is -4.24. The number of primary amides is 1. The van der Waals surface area contributed by atoms with Crippen molar-refractivity contribution in [2.75, 3.05) is 12.1 Å². The van der Waals surface area contributed by atoms with Gasteiger partial charge in [-0.3, -0.25) is 24.8 Å². The average molecular weight is 387 g/mol. The van der Waals surface area contributed by atoms with Crippen molar-refractivity contribution >= 4 is 17.7 Å². The van der Waals surface area contributed by atoms with Crippen LogP contribution in [0.15, 0.2) is 17.1 Å². The minimum Gasteiger partial charge on any atom is -0.462 e. The Morgan fingerprint density at radius 3 is 2.70 bits per heavy atom. The molecule has 1 aromatic heterocycles. The Labute approximate surface area is 152 Å². The number of nitrogens with two attached hydrogens (primary N) is 2. The first-order chi connectivity index (χ1) is 12.7. The summed E-state index contributed by atoms with van der Waals surface area (Å²) in [5.74, 6) is -1.55. The largest absolute Gasteiger partial charge is 0.462 e. The third kappa shape index (κ3) is 4.99. The summed E-state index contributed by atoms with van der Waals surface area (Å²) in [5.41, 5.74) is 11.4. The number of carbonyl (C=O) groups excluding carboxylic acids is 2. The number of aliphatic hydroxyl groups excluding tert-OH is 2. The van der Waals surface area contributed by atoms with Gasteiger partial charge in [0.05, 0.1) is 0 Å². The summed E-state index contributed by atoms with van der Waals surface area (Å²) in [5, 5.41) is 28.9. The molecule has 2 rings (SSSR count). The van der Waals surface area contributed by atoms with Crippen molar-refractivity contribution in [3.05, 3.63) is 22.7 Å². The molecule has 0 unspecified atom stereocenters. The second-order valence-corrected chi connectivity index (χ2v) is 5.90. The number of nitrogens with one attached hydrogen (secondary N) is 1. The van der Waals surface area contributed by atoms with E-state index in [1.165, 1.54) is 12.3 Å². The van der Waals surface area contributed by atoms with Gasteiger partial charge in [-0.2, -0.15) is 4.98 Å². The Kier molecular flexibility index (Phi) is 6.81. The van der Waals surface area contributed by atoms with E-state index in [9.17, 15) is 24.6 Å². The van der Waals surface area contributed by atoms with E-state index in [0.717, 1.165) is 4.57 Å². The predicted octanol–water partition coefficient (Wildman–Crippen LogP) is -3.20. The van der Waals surface area contributed by atoms with Crippen LogP contribution in [0.3, 0.4) is 0 Å². The molecule has 8 N–H and O–H groups in total. The number of amides is 1. The van der Waals surface area contributed by atoms with Crippen LogP contribution in [0.25, 0.3) is 0 Å². The highest BCUT2D eigenvalue weighted by atomic mass is 16.6. The number of rotatable bonds is 8. The van der Waals surface area contributed by atoms with Crippen LogP contribution in [0.5, 0.6) is 0 Å². The third-order valence-corrected chi connectivity index (χ3v) is 3.95. The van der Waals surface area contributed by atoms with Crippen LogP contribution in [-0.2, 0) is 19.1 Å². The Morgan fingerprint density at radius 2 is 2.11 bits per heavy atom. The number of aromatic nitrogens is 2. The van der Waals surface area contributed by atoms with Crippen LogP contribution in [-0.4, -0.2) is 67.8 Å². The van der Waals surface area contributed by atoms with Gasteiger partial charge in [-0.15, -0.1) is 0 Å². The molecule has 5 atom stereocenters. The van der Waals surface area contributed by atoms with Gasteiger partial charge in [0.25, 0.3) is 0 Å². The van der Waals surface area contributed by atoms with Crippen LogP contribution in [0.1, 0.15) is 19.1 Å². The number of nitrogens with zero attached hydrogens (tertiary/aromatic N) is 2. The van der Waals surface area contributed by atoms with Crippen LogP contribution < -0.4 is 22.6 Å². The first-order valence-corrected chi connectivity index (χ1v) is 7.96. The third-order valence-electron chi connectivity index (χ3n) is 3.95. The first kappa shape index (κ1) is 20.7. The summed E-state index contributed by atoms with van der Waals surface area (Å²) in [7, 11) is 0. The zero-order valence-corrected chi connectivity index (χ0v) is 14.1. The van der Waals surface area contributed by atoms with Crippen LogP contribution >= 0.6 is 0 Å². The van der Waals surface area contributed by atoms with Gasteiger partial charge in [0.2, 0.25) is 5.91 Å². The molecule has 0 spiro atoms. The van der Waals surface area contributed by atoms with Crippen molar-refractivity contribution in [1.82, 2.24) is 9.55 Å². The van der Waals surface area contributed by atoms with Gasteiger partial charge in [0, 0.05) is 12.6 Å². The normalized spacial score (nSPS) is 25.8. The fraction of sp³-hybridized carbons (Fsp3) is 0.571. The molecule has 2 heterocycles. The molecule has 1 aromatic rings. The molecular formula is C14H21N5O8. The minimum absolute atomic E-state index is 0.000200. The molecule has 0 saturated carbocycles. The highest BCUT2D eigenvalue weighted by Gasteiger charge is 2.44. The lowest BCUT2D eigenvalue weighted by atomic mass is 10.1. The summed E-state index contributed by atoms with van der Waals surface area (Å²) in [6, 6.07) is 0.164. The quantitative estimate of drug-likeness (QED) is 0.193. The minimum atomic E-state index is -1.50. The molecule has 0 radical (unpaired) electrons. The number of ether oxygens (including phenoxy) is 2. The maximum Gasteiger partial charge on any atom is 0.351 e. The number of carbonyl (C=O) groups is 2. The van der Waals surface area contributed by atoms with E-state index >= 15 is 0 Å². The molecule has 27 heavy (non-hydrogen) atoms. The van der Waals surface area contributed by atoms with Crippen LogP contribution in [0.2, 0.25) is 0 Å². The number of aliphatic hydroxyl groups is 2. The van der Waals surface area contributed by atoms with Crippen molar-refractivity contribution in [1.29, 1.82) is 0 Å². The summed E-state index contributed by atoms with van der Waals surface area (Å²) in [6.45, 7) is -0.434. The Balaban J connectivity index is 1.97. The van der Waals surface area contributed by atoms with E-state index in [1.54, 1.807) is 5.48 Å². The van der Waals surface area contributed by atoms with Crippen LogP contribution in [0.4, 0.5) is 5.82 Å². The van der Waals surface area contributed by atoms with Gasteiger partial charge in [0.1, 0.15) is 31.0 Å². The molecule has 1 saturated heterocycles. The van der Waals surface area contributed by atoms with E-state index in [2.05, 4.69) is 4.98 Å². The molecule has 150 valence electrons. The maximum atomic E-state index is 11.9. The van der Waals surface area contributed by atoms with Crippen LogP contribution in [0, 0.1) is 0 Å².